The van der Waals surface area contributed by atoms with E-state index in [-0.39, 0.29) is 45.7 Å². The molecule has 0 radical (unpaired) electrons. The normalized spacial score (nSPS) is 16.4. The molecule has 0 aliphatic carbocycles. The van der Waals surface area contributed by atoms with Crippen molar-refractivity contribution in [1.29, 1.82) is 0 Å². The number of phenols is 1. The van der Waals surface area contributed by atoms with E-state index in [0.717, 1.165) is 23.0 Å². The first-order valence-corrected chi connectivity index (χ1v) is 14.3. The molecule has 0 bridgehead atoms. The van der Waals surface area contributed by atoms with Gasteiger partial charge < -0.3 is 25.4 Å². The van der Waals surface area contributed by atoms with Crippen LogP contribution in [0.3, 0.4) is 0 Å². The number of aromatic nitrogens is 1. The van der Waals surface area contributed by atoms with Crippen molar-refractivity contribution in [3.63, 3.8) is 0 Å². The number of piperazine rings is 1. The maximum Gasteiger partial charge on any atom is 0.253 e. The first-order valence-electron chi connectivity index (χ1n) is 13.4. The summed E-state index contributed by atoms with van der Waals surface area (Å²) in [6.07, 6.45) is 4.21. The minimum Gasteiger partial charge on any atom is -0.870 e. The molecule has 2 aromatic rings. The summed E-state index contributed by atoms with van der Waals surface area (Å²) in [5.41, 5.74) is 3.19. The van der Waals surface area contributed by atoms with Crippen LogP contribution in [0.15, 0.2) is 29.3 Å². The maximum absolute atomic E-state index is 12.8. The summed E-state index contributed by atoms with van der Waals surface area (Å²) in [6.45, 7) is 16.0. The zero-order chi connectivity index (χ0) is 27.8. The smallest absolute Gasteiger partial charge is 0.253 e. The summed E-state index contributed by atoms with van der Waals surface area (Å²) in [7, 11) is 0. The van der Waals surface area contributed by atoms with Gasteiger partial charge in [-0.15, -0.1) is 0 Å². The van der Waals surface area contributed by atoms with E-state index in [1.54, 1.807) is 6.07 Å². The Morgan fingerprint density at radius 3 is 2.18 bits per heavy atom. The highest BCUT2D eigenvalue weighted by Crippen LogP contribution is 2.41. The molecule has 0 atom stereocenters. The van der Waals surface area contributed by atoms with Crippen LogP contribution in [0.1, 0.15) is 59.9 Å². The van der Waals surface area contributed by atoms with Crippen molar-refractivity contribution < 1.29 is 25.0 Å². The minimum atomic E-state index is -0.315. The number of aromatic amines is 1. The number of nitrogens with zero attached hydrogens (tertiary/aromatic N) is 3. The number of carbonyl (C=O) groups is 3. The van der Waals surface area contributed by atoms with Gasteiger partial charge >= 0.3 is 0 Å². The number of phenolic OH excluding ortho intramolecular Hbond substituents is 1. The Morgan fingerprint density at radius 1 is 1.00 bits per heavy atom. The molecule has 0 saturated carbocycles. The summed E-state index contributed by atoms with van der Waals surface area (Å²) in [5, 5.41) is 13.3. The number of hydrogen-bond acceptors (Lipinski definition) is 6. The third-order valence-electron chi connectivity index (χ3n) is 6.79. The van der Waals surface area contributed by atoms with Crippen LogP contribution in [0, 0.1) is 5.41 Å². The SMILES string of the molecule is CC(C)(C)Cc1c([SH+]C(C)(C)C)[nH]c2c(N3CCN(C(=O)CCCN4C(=O)C=CC4=O)CC3)c(O)ccc12.[OH-]. The molecule has 1 saturated heterocycles. The van der Waals surface area contributed by atoms with Crippen molar-refractivity contribution in [3.8, 4) is 5.75 Å². The molecule has 10 heteroatoms. The van der Waals surface area contributed by atoms with Crippen molar-refractivity contribution in [2.24, 2.45) is 5.41 Å². The van der Waals surface area contributed by atoms with E-state index in [1.165, 1.54) is 39.4 Å². The molecule has 3 amide bonds. The molecular formula is C29H42N4O5S. The minimum absolute atomic E-state index is 0. The fourth-order valence-corrected chi connectivity index (χ4v) is 6.29. The van der Waals surface area contributed by atoms with Gasteiger partial charge in [-0.2, -0.15) is 0 Å². The number of H-pyrrole nitrogens is 1. The molecule has 3 N–H and O–H groups in total. The second-order valence-electron chi connectivity index (χ2n) is 12.5. The van der Waals surface area contributed by atoms with E-state index < -0.39 is 0 Å². The van der Waals surface area contributed by atoms with Crippen molar-refractivity contribution >= 4 is 46.1 Å². The van der Waals surface area contributed by atoms with Gasteiger partial charge in [0, 0.05) is 74.0 Å². The van der Waals surface area contributed by atoms with Crippen LogP contribution in [0.2, 0.25) is 0 Å². The van der Waals surface area contributed by atoms with Gasteiger partial charge in [-0.25, -0.2) is 0 Å². The Hall–Kier alpha value is -2.98. The zero-order valence-electron chi connectivity index (χ0n) is 23.9. The highest BCUT2D eigenvalue weighted by molar-refractivity contribution is 7.80. The first-order chi connectivity index (χ1) is 17.7. The van der Waals surface area contributed by atoms with Crippen molar-refractivity contribution in [2.75, 3.05) is 37.6 Å². The summed E-state index contributed by atoms with van der Waals surface area (Å²) in [4.78, 5) is 45.1. The lowest BCUT2D eigenvalue weighted by molar-refractivity contribution is -0.138. The molecule has 2 aliphatic heterocycles. The molecule has 39 heavy (non-hydrogen) atoms. The molecule has 0 spiro atoms. The maximum atomic E-state index is 12.8. The van der Waals surface area contributed by atoms with Gasteiger partial charge in [0.15, 0.2) is 0 Å². The molecule has 1 aromatic heterocycles. The predicted molar refractivity (Wildman–Crippen MR) is 156 cm³/mol. The van der Waals surface area contributed by atoms with Crippen LogP contribution < -0.4 is 4.90 Å². The Bertz CT molecular complexity index is 1250. The van der Waals surface area contributed by atoms with E-state index >= 15 is 0 Å². The lowest BCUT2D eigenvalue weighted by atomic mass is 9.88. The number of amides is 3. The van der Waals surface area contributed by atoms with E-state index in [9.17, 15) is 19.5 Å². The predicted octanol–water partition coefficient (Wildman–Crippen LogP) is 3.61. The molecule has 4 rings (SSSR count). The average Bonchev–Trinajstić information content (AvgIpc) is 3.30. The lowest BCUT2D eigenvalue weighted by Gasteiger charge is -2.36. The zero-order valence-corrected chi connectivity index (χ0v) is 24.8. The van der Waals surface area contributed by atoms with Gasteiger partial charge in [-0.05, 0) is 51.2 Å². The number of nitrogens with one attached hydrogen (secondary N) is 1. The van der Waals surface area contributed by atoms with Gasteiger partial charge in [0.1, 0.15) is 16.2 Å². The number of carbonyl (C=O) groups excluding carboxylic acids is 3. The summed E-state index contributed by atoms with van der Waals surface area (Å²) >= 11 is 1.22. The summed E-state index contributed by atoms with van der Waals surface area (Å²) in [6, 6.07) is 3.82. The van der Waals surface area contributed by atoms with Crippen molar-refractivity contribution in [2.45, 2.75) is 70.6 Å². The number of anilines is 1. The highest BCUT2D eigenvalue weighted by Gasteiger charge is 2.32. The largest absolute Gasteiger partial charge is 0.870 e. The Balaban J connectivity index is 0.00000420. The summed E-state index contributed by atoms with van der Waals surface area (Å²) in [5.74, 6) is -0.360. The van der Waals surface area contributed by atoms with Gasteiger partial charge in [-0.1, -0.05) is 20.8 Å². The molecule has 214 valence electrons. The van der Waals surface area contributed by atoms with E-state index in [0.29, 0.717) is 39.0 Å². The standard InChI is InChI=1S/C29H40N4O4S.H2O/c1-28(2,3)18-20-19-9-10-21(34)26(25(19)30-27(20)38-29(4,5)6)32-16-14-31(15-17-32)22(35)8-7-13-33-23(36)11-12-24(33)37;/h9-12,30,34H,7-8,13-18H2,1-6H3;1H2. The molecule has 2 aliphatic rings. The van der Waals surface area contributed by atoms with Crippen LogP contribution in [0.25, 0.3) is 10.9 Å². The van der Waals surface area contributed by atoms with E-state index in [1.807, 2.05) is 11.0 Å². The number of rotatable bonds is 7. The highest BCUT2D eigenvalue weighted by atomic mass is 32.2. The molecule has 9 nitrogen and oxygen atoms in total. The van der Waals surface area contributed by atoms with Crippen LogP contribution in [0.4, 0.5) is 5.69 Å². The fraction of sp³-hybridized carbons (Fsp3) is 0.552. The molecule has 1 fully saturated rings. The monoisotopic (exact) mass is 558 g/mol. The number of imide groups is 1. The number of fused-ring (bicyclic) bond motifs is 1. The lowest BCUT2D eigenvalue weighted by Crippen LogP contribution is -2.49. The van der Waals surface area contributed by atoms with Gasteiger partial charge in [0.25, 0.3) is 11.8 Å². The Morgan fingerprint density at radius 2 is 1.62 bits per heavy atom. The number of benzene rings is 1. The van der Waals surface area contributed by atoms with Crippen molar-refractivity contribution in [3.05, 3.63) is 29.8 Å². The first kappa shape index (κ1) is 30.6. The third-order valence-corrected chi connectivity index (χ3v) is 8.06. The van der Waals surface area contributed by atoms with Crippen LogP contribution in [0.5, 0.6) is 5.75 Å². The van der Waals surface area contributed by atoms with Gasteiger partial charge in [-0.3, -0.25) is 19.3 Å². The topological polar surface area (TPSA) is 127 Å². The van der Waals surface area contributed by atoms with E-state index in [4.69, 9.17) is 0 Å². The molecule has 3 heterocycles. The van der Waals surface area contributed by atoms with Gasteiger partial charge in [0.2, 0.25) is 10.9 Å². The second-order valence-corrected chi connectivity index (χ2v) is 14.5. The Kier molecular flexibility index (Phi) is 9.12. The summed E-state index contributed by atoms with van der Waals surface area (Å²) < 4.78 is 0.0908. The Labute approximate surface area is 234 Å². The second kappa shape index (κ2) is 11.6. The van der Waals surface area contributed by atoms with Crippen LogP contribution in [-0.2, 0) is 32.6 Å². The molecular weight excluding hydrogens is 516 g/mol. The quantitative estimate of drug-likeness (QED) is 0.304. The van der Waals surface area contributed by atoms with Crippen LogP contribution in [-0.4, -0.2) is 80.6 Å². The number of aromatic hydroxyl groups is 1. The third kappa shape index (κ3) is 7.16. The average molecular weight is 559 g/mol. The molecule has 0 unspecified atom stereocenters. The van der Waals surface area contributed by atoms with E-state index in [2.05, 4.69) is 51.4 Å². The number of thiol groups is 1. The molecule has 1 aromatic carbocycles. The van der Waals surface area contributed by atoms with Crippen molar-refractivity contribution in [1.82, 2.24) is 14.8 Å². The van der Waals surface area contributed by atoms with Crippen LogP contribution >= 0.6 is 0 Å². The van der Waals surface area contributed by atoms with Gasteiger partial charge in [0.05, 0.1) is 5.52 Å². The number of hydrogen-bond donors (Lipinski definition) is 2. The fourth-order valence-electron chi connectivity index (χ4n) is 5.12.